The maximum absolute atomic E-state index is 12.3. The second kappa shape index (κ2) is 6.22. The largest absolute Gasteiger partial charge is 0.379 e. The van der Waals surface area contributed by atoms with E-state index < -0.39 is 10.0 Å². The Kier molecular flexibility index (Phi) is 4.34. The molecule has 0 radical (unpaired) electrons. The summed E-state index contributed by atoms with van der Waals surface area (Å²) in [6.07, 6.45) is 5.20. The standard InChI is InChI=1S/C12H16N4O3S2/c17-21(18,16-3-6-19-7-4-16)8-5-15-2-1-13-12(15)11-9-14-20-10-11/h1-2,9-10H,3-8H2. The molecule has 114 valence electrons. The first-order valence-corrected chi connectivity index (χ1v) is 9.08. The van der Waals surface area contributed by atoms with Crippen LogP contribution in [0.3, 0.4) is 0 Å². The molecule has 0 atom stereocenters. The van der Waals surface area contributed by atoms with Crippen LogP contribution in [0.4, 0.5) is 0 Å². The van der Waals surface area contributed by atoms with Gasteiger partial charge in [0, 0.05) is 43.0 Å². The Morgan fingerprint density at radius 1 is 1.33 bits per heavy atom. The lowest BCUT2D eigenvalue weighted by Gasteiger charge is -2.26. The molecule has 1 saturated heterocycles. The van der Waals surface area contributed by atoms with E-state index in [0.29, 0.717) is 32.8 Å². The van der Waals surface area contributed by atoms with E-state index in [9.17, 15) is 8.42 Å². The number of morpholine rings is 1. The summed E-state index contributed by atoms with van der Waals surface area (Å²) in [4.78, 5) is 4.27. The van der Waals surface area contributed by atoms with Crippen molar-refractivity contribution in [3.8, 4) is 11.4 Å². The molecule has 2 aromatic heterocycles. The summed E-state index contributed by atoms with van der Waals surface area (Å²) in [6.45, 7) is 2.19. The van der Waals surface area contributed by atoms with E-state index in [1.165, 1.54) is 15.8 Å². The minimum atomic E-state index is -3.25. The van der Waals surface area contributed by atoms with Crippen molar-refractivity contribution in [2.75, 3.05) is 32.1 Å². The highest BCUT2D eigenvalue weighted by Crippen LogP contribution is 2.18. The molecular formula is C12H16N4O3S2. The van der Waals surface area contributed by atoms with Crippen LogP contribution in [0.15, 0.2) is 24.0 Å². The Balaban J connectivity index is 1.69. The fourth-order valence-electron chi connectivity index (χ4n) is 2.23. The lowest BCUT2D eigenvalue weighted by molar-refractivity contribution is 0.0730. The number of aromatic nitrogens is 3. The van der Waals surface area contributed by atoms with Gasteiger partial charge in [-0.3, -0.25) is 0 Å². The zero-order valence-electron chi connectivity index (χ0n) is 11.4. The van der Waals surface area contributed by atoms with Crippen LogP contribution in [0.1, 0.15) is 0 Å². The Morgan fingerprint density at radius 3 is 2.86 bits per heavy atom. The van der Waals surface area contributed by atoms with Gasteiger partial charge < -0.3 is 9.30 Å². The van der Waals surface area contributed by atoms with Crippen LogP contribution < -0.4 is 0 Å². The van der Waals surface area contributed by atoms with Crippen LogP contribution in [0.5, 0.6) is 0 Å². The van der Waals surface area contributed by atoms with Gasteiger partial charge in [0.2, 0.25) is 10.0 Å². The molecule has 0 aliphatic carbocycles. The minimum absolute atomic E-state index is 0.0634. The van der Waals surface area contributed by atoms with Gasteiger partial charge in [0.15, 0.2) is 0 Å². The van der Waals surface area contributed by atoms with Crippen LogP contribution in [-0.4, -0.2) is 58.7 Å². The second-order valence-corrected chi connectivity index (χ2v) is 7.43. The summed E-state index contributed by atoms with van der Waals surface area (Å²) in [5, 5.41) is 1.90. The molecule has 9 heteroatoms. The van der Waals surface area contributed by atoms with Crippen molar-refractivity contribution < 1.29 is 13.2 Å². The van der Waals surface area contributed by atoms with Gasteiger partial charge in [0.1, 0.15) is 5.82 Å². The number of hydrogen-bond donors (Lipinski definition) is 0. The summed E-state index contributed by atoms with van der Waals surface area (Å²) in [6, 6.07) is 0. The molecule has 0 spiro atoms. The van der Waals surface area contributed by atoms with E-state index in [-0.39, 0.29) is 5.75 Å². The molecule has 0 aromatic carbocycles. The molecule has 0 N–H and O–H groups in total. The topological polar surface area (TPSA) is 77.3 Å². The average molecular weight is 328 g/mol. The monoisotopic (exact) mass is 328 g/mol. The number of rotatable bonds is 5. The van der Waals surface area contributed by atoms with Crippen LogP contribution in [0.2, 0.25) is 0 Å². The lowest BCUT2D eigenvalue weighted by Crippen LogP contribution is -2.42. The van der Waals surface area contributed by atoms with Crippen LogP contribution in [-0.2, 0) is 21.3 Å². The van der Waals surface area contributed by atoms with Gasteiger partial charge in [-0.05, 0) is 11.5 Å². The van der Waals surface area contributed by atoms with E-state index in [1.807, 2.05) is 9.95 Å². The van der Waals surface area contributed by atoms with E-state index >= 15 is 0 Å². The maximum atomic E-state index is 12.3. The number of nitrogens with zero attached hydrogens (tertiary/aromatic N) is 4. The number of ether oxygens (including phenoxy) is 1. The first-order valence-electron chi connectivity index (χ1n) is 6.63. The van der Waals surface area contributed by atoms with Crippen molar-refractivity contribution in [2.24, 2.45) is 0 Å². The maximum Gasteiger partial charge on any atom is 0.216 e. The number of hydrogen-bond acceptors (Lipinski definition) is 6. The van der Waals surface area contributed by atoms with Gasteiger partial charge >= 0.3 is 0 Å². The van der Waals surface area contributed by atoms with Crippen molar-refractivity contribution in [1.82, 2.24) is 18.2 Å². The van der Waals surface area contributed by atoms with Crippen molar-refractivity contribution in [3.05, 3.63) is 24.0 Å². The Bertz CT molecular complexity index is 675. The molecule has 3 heterocycles. The molecular weight excluding hydrogens is 312 g/mol. The summed E-state index contributed by atoms with van der Waals surface area (Å²) >= 11 is 1.35. The minimum Gasteiger partial charge on any atom is -0.379 e. The molecule has 1 aliphatic heterocycles. The SMILES string of the molecule is O=S(=O)(CCn1ccnc1-c1cnsc1)N1CCOCC1. The van der Waals surface area contributed by atoms with Crippen molar-refractivity contribution in [2.45, 2.75) is 6.54 Å². The zero-order valence-corrected chi connectivity index (χ0v) is 13.0. The molecule has 0 bridgehead atoms. The third-order valence-electron chi connectivity index (χ3n) is 3.36. The Morgan fingerprint density at radius 2 is 2.14 bits per heavy atom. The third-order valence-corrected chi connectivity index (χ3v) is 5.80. The van der Waals surface area contributed by atoms with Crippen molar-refractivity contribution in [3.63, 3.8) is 0 Å². The third kappa shape index (κ3) is 3.31. The van der Waals surface area contributed by atoms with Gasteiger partial charge in [-0.25, -0.2) is 17.8 Å². The quantitative estimate of drug-likeness (QED) is 0.806. The predicted molar refractivity (Wildman–Crippen MR) is 79.5 cm³/mol. The van der Waals surface area contributed by atoms with E-state index in [4.69, 9.17) is 4.74 Å². The van der Waals surface area contributed by atoms with E-state index in [2.05, 4.69) is 9.36 Å². The molecule has 7 nitrogen and oxygen atoms in total. The highest BCUT2D eigenvalue weighted by Gasteiger charge is 2.24. The first kappa shape index (κ1) is 14.6. The van der Waals surface area contributed by atoms with Gasteiger partial charge in [-0.15, -0.1) is 0 Å². The highest BCUT2D eigenvalue weighted by atomic mass is 32.2. The normalized spacial score (nSPS) is 17.1. The number of imidazole rings is 1. The molecule has 1 fully saturated rings. The van der Waals surface area contributed by atoms with E-state index in [0.717, 1.165) is 11.4 Å². The second-order valence-electron chi connectivity index (χ2n) is 4.68. The summed E-state index contributed by atoms with van der Waals surface area (Å²) < 4.78 is 37.2. The number of sulfonamides is 1. The first-order chi connectivity index (χ1) is 10.2. The molecule has 2 aromatic rings. The molecule has 0 amide bonds. The molecule has 1 aliphatic rings. The van der Waals surface area contributed by atoms with Crippen LogP contribution in [0, 0.1) is 0 Å². The van der Waals surface area contributed by atoms with Gasteiger partial charge in [0.05, 0.1) is 25.2 Å². The zero-order chi connectivity index (χ0) is 14.7. The van der Waals surface area contributed by atoms with E-state index in [1.54, 1.807) is 18.6 Å². The van der Waals surface area contributed by atoms with Crippen LogP contribution in [0.25, 0.3) is 11.4 Å². The van der Waals surface area contributed by atoms with Gasteiger partial charge in [-0.1, -0.05) is 0 Å². The predicted octanol–water partition coefficient (Wildman–Crippen LogP) is 0.669. The molecule has 0 unspecified atom stereocenters. The Hall–Kier alpha value is -1.29. The fourth-order valence-corrected chi connectivity index (χ4v) is 4.14. The van der Waals surface area contributed by atoms with Gasteiger partial charge in [0.25, 0.3) is 0 Å². The molecule has 21 heavy (non-hydrogen) atoms. The summed E-state index contributed by atoms with van der Waals surface area (Å²) in [7, 11) is -3.25. The highest BCUT2D eigenvalue weighted by molar-refractivity contribution is 7.89. The summed E-state index contributed by atoms with van der Waals surface area (Å²) in [5.74, 6) is 0.814. The van der Waals surface area contributed by atoms with Gasteiger partial charge in [-0.2, -0.15) is 4.31 Å². The lowest BCUT2D eigenvalue weighted by atomic mass is 10.3. The Labute approximate surface area is 127 Å². The smallest absolute Gasteiger partial charge is 0.216 e. The fraction of sp³-hybridized carbons (Fsp3) is 0.500. The number of aryl methyl sites for hydroxylation is 1. The molecule has 0 saturated carbocycles. The molecule has 3 rings (SSSR count). The van der Waals surface area contributed by atoms with Crippen LogP contribution >= 0.6 is 11.5 Å². The van der Waals surface area contributed by atoms with Crippen molar-refractivity contribution in [1.29, 1.82) is 0 Å². The van der Waals surface area contributed by atoms with Crippen molar-refractivity contribution >= 4 is 21.6 Å². The summed E-state index contributed by atoms with van der Waals surface area (Å²) in [5.41, 5.74) is 0.911. The average Bonchev–Trinajstić information content (AvgIpc) is 3.17.